The summed E-state index contributed by atoms with van der Waals surface area (Å²) in [5.41, 5.74) is 3.17. The van der Waals surface area contributed by atoms with Crippen LogP contribution >= 0.6 is 22.7 Å². The van der Waals surface area contributed by atoms with Gasteiger partial charge in [0.05, 0.1) is 16.3 Å². The van der Waals surface area contributed by atoms with Crippen LogP contribution in [-0.4, -0.2) is 78.6 Å². The zero-order valence-electron chi connectivity index (χ0n) is 68.6. The van der Waals surface area contributed by atoms with Crippen LogP contribution < -0.4 is 0 Å². The topological polar surface area (TPSA) is 22.6 Å². The van der Waals surface area contributed by atoms with Crippen LogP contribution in [-0.2, 0) is 44.7 Å². The van der Waals surface area contributed by atoms with Crippen LogP contribution in [0.25, 0.3) is 0 Å². The van der Waals surface area contributed by atoms with Crippen LogP contribution in [0.3, 0.4) is 0 Å². The average molecular weight is 1410 g/mol. The Morgan fingerprint density at radius 2 is 0.888 bits per heavy atom. The highest BCUT2D eigenvalue weighted by molar-refractivity contribution is 7.12. The van der Waals surface area contributed by atoms with Gasteiger partial charge < -0.3 is 14.7 Å². The van der Waals surface area contributed by atoms with Crippen LogP contribution in [0.1, 0.15) is 368 Å². The molecule has 2 aliphatic heterocycles. The first-order valence-electron chi connectivity index (χ1n) is 41.5. The van der Waals surface area contributed by atoms with Crippen molar-refractivity contribution in [3.8, 4) is 11.8 Å². The summed E-state index contributed by atoms with van der Waals surface area (Å²) in [7, 11) is 0. The number of rotatable bonds is 29. The van der Waals surface area contributed by atoms with Crippen LogP contribution in [0.5, 0.6) is 0 Å². The molecule has 0 spiro atoms. The number of aromatic nitrogens is 1. The predicted octanol–water partition coefficient (Wildman–Crippen LogP) is 28.8. The lowest BCUT2D eigenvalue weighted by Crippen LogP contribution is -2.46. The van der Waals surface area contributed by atoms with E-state index >= 15 is 0 Å². The third kappa shape index (κ3) is 56.8. The smallest absolute Gasteiger partial charge is 0.304 e. The zero-order valence-corrected chi connectivity index (χ0v) is 70.2. The standard InChI is InChI=1S/C13H17F3.C10H20.C9H20N2.C9H19N.C9H18.C8H13NS.C8H12S.C8H16.C8H14.C7H14/c1-3-5-10-7-11(6-4-2)9-12(8-10)13(14,15)16;1-3-9-5-7-10(4-2)8-6-9;1-3-5-11-8-6-10(4-2)7-9-11;1-3-9-5-7-10(4-2)8-6-9;1-3-5-9(6-4-2)7-8-9;1-3-5-8-9-7(4-2)6-10-8;1-3-7-5-6-8(4-2)9-7;2*1-3-5-7-8-6-4-2;1-3-5-7-6-4-2/h7-9H,3-6H2,1-2H3;9-10H,3-8H2,1-2H3;3-9H2,1-2H3;9H,3-8H2,1-2H3;3-8H2,1-2H3;6H,3-5H2,1-2H3;5-6H,3-4H2,1-2H3;7-8H,3-6H2,1-2H3;3-6H2,1-2H3;5,7H,3-4,6H2,1-2H3/b;;;;;;;8-7+;;7-5-. The molecule has 4 nitrogen and oxygen atoms in total. The number of nitrogens with zero attached hydrogens (tertiary/aromatic N) is 4. The Morgan fingerprint density at radius 1 is 0.469 bits per heavy atom. The predicted molar refractivity (Wildman–Crippen MR) is 440 cm³/mol. The normalized spacial score (nSPS) is 16.6. The Morgan fingerprint density at radius 3 is 1.20 bits per heavy atom. The monoisotopic (exact) mass is 1410 g/mol. The van der Waals surface area contributed by atoms with Gasteiger partial charge in [0.1, 0.15) is 0 Å². The van der Waals surface area contributed by atoms with Gasteiger partial charge in [0.25, 0.3) is 0 Å². The number of halogens is 3. The summed E-state index contributed by atoms with van der Waals surface area (Å²) >= 11 is 3.72. The number of thiophene rings is 1. The molecule has 3 aromatic rings. The first-order chi connectivity index (χ1) is 47.4. The third-order valence-corrected chi connectivity index (χ3v) is 21.3. The van der Waals surface area contributed by atoms with Gasteiger partial charge in [-0.3, -0.25) is 0 Å². The molecule has 98 heavy (non-hydrogen) atoms. The first-order valence-corrected chi connectivity index (χ1v) is 43.2. The van der Waals surface area contributed by atoms with Crippen LogP contribution in [0.2, 0.25) is 0 Å². The molecule has 2 aliphatic carbocycles. The van der Waals surface area contributed by atoms with Crippen molar-refractivity contribution in [2.45, 2.75) is 376 Å². The van der Waals surface area contributed by atoms with Crippen molar-refractivity contribution in [1.82, 2.24) is 19.7 Å². The number of likely N-dealkylation sites (tertiary alicyclic amines) is 1. The molecule has 2 saturated heterocycles. The summed E-state index contributed by atoms with van der Waals surface area (Å²) in [6.07, 6.45) is 50.2. The number of hydrogen-bond acceptors (Lipinski definition) is 6. The van der Waals surface area contributed by atoms with E-state index in [1.165, 1.54) is 271 Å². The highest BCUT2D eigenvalue weighted by Gasteiger charge is 2.40. The highest BCUT2D eigenvalue weighted by Crippen LogP contribution is 2.53. The van der Waals surface area contributed by atoms with Gasteiger partial charge in [0.15, 0.2) is 0 Å². The number of piperazine rings is 1. The Labute approximate surface area is 618 Å². The molecule has 4 heterocycles. The number of unbranched alkanes of at least 4 members (excludes halogenated alkanes) is 5. The van der Waals surface area contributed by atoms with E-state index < -0.39 is 11.7 Å². The van der Waals surface area contributed by atoms with Crippen molar-refractivity contribution in [2.24, 2.45) is 23.2 Å². The van der Waals surface area contributed by atoms with Crippen molar-refractivity contribution >= 4 is 22.7 Å². The Bertz CT molecular complexity index is 2120. The molecule has 4 fully saturated rings. The minimum Gasteiger partial charge on any atom is -0.304 e. The zero-order chi connectivity index (χ0) is 73.9. The van der Waals surface area contributed by atoms with Gasteiger partial charge in [0, 0.05) is 54.2 Å². The number of aryl methyl sites for hydroxylation is 6. The number of alkyl halides is 3. The van der Waals surface area contributed by atoms with Gasteiger partial charge in [-0.2, -0.15) is 13.2 Å². The van der Waals surface area contributed by atoms with E-state index in [0.29, 0.717) is 12.8 Å². The van der Waals surface area contributed by atoms with E-state index in [1.807, 2.05) is 31.3 Å². The van der Waals surface area contributed by atoms with Crippen LogP contribution in [0, 0.1) is 35.0 Å². The van der Waals surface area contributed by atoms with Crippen molar-refractivity contribution in [3.05, 3.63) is 97.2 Å². The quantitative estimate of drug-likeness (QED) is 0.0510. The second kappa shape index (κ2) is 69.9. The summed E-state index contributed by atoms with van der Waals surface area (Å²) in [5, 5.41) is 3.45. The molecule has 0 bridgehead atoms. The fraction of sp³-hybridized carbons (Fsp3) is 0.787. The van der Waals surface area contributed by atoms with Crippen LogP contribution in [0.4, 0.5) is 13.2 Å². The highest BCUT2D eigenvalue weighted by atomic mass is 32.1. The Kier molecular flexibility index (Phi) is 71.0. The SMILES string of the molecule is CC/C=C\CCC.CCC/C=C/CCC.CCC1CCC(CC)CC1.CCC1CCN(CC)CC1.CCCC#CCCC.CCCC1(CCC)CC1.CCCN1CCN(CC)CC1.CCCc1cc(CCC)cc(C(F)(F)F)c1.CCCc1nc(CC)cs1.CCc1ccc(CC)s1. The van der Waals surface area contributed by atoms with E-state index in [-0.39, 0.29) is 0 Å². The molecule has 7 rings (SSSR count). The molecule has 9 heteroatoms. The summed E-state index contributed by atoms with van der Waals surface area (Å²) in [5.74, 6) is 9.35. The molecule has 2 saturated carbocycles. The molecular formula is C89H163F3N4S2. The molecule has 4 aliphatic rings. The molecule has 0 amide bonds. The van der Waals surface area contributed by atoms with Gasteiger partial charge in [-0.05, 0) is 220 Å². The summed E-state index contributed by atoms with van der Waals surface area (Å²) in [4.78, 5) is 15.1. The lowest BCUT2D eigenvalue weighted by molar-refractivity contribution is -0.137. The lowest BCUT2D eigenvalue weighted by Gasteiger charge is -2.33. The molecule has 0 atom stereocenters. The fourth-order valence-electron chi connectivity index (χ4n) is 12.1. The first kappa shape index (κ1) is 99.4. The number of likely N-dealkylation sites (N-methyl/N-ethyl adjacent to an activating group) is 1. The maximum absolute atomic E-state index is 12.6. The maximum Gasteiger partial charge on any atom is 0.416 e. The minimum absolute atomic E-state index is 0.512. The molecule has 2 aromatic heterocycles. The second-order valence-electron chi connectivity index (χ2n) is 27.8. The van der Waals surface area contributed by atoms with Crippen molar-refractivity contribution in [2.75, 3.05) is 58.9 Å². The number of piperidine rings is 1. The van der Waals surface area contributed by atoms with Crippen molar-refractivity contribution < 1.29 is 13.2 Å². The van der Waals surface area contributed by atoms with Gasteiger partial charge in [0.2, 0.25) is 0 Å². The molecule has 0 N–H and O–H groups in total. The van der Waals surface area contributed by atoms with Crippen molar-refractivity contribution in [1.29, 1.82) is 0 Å². The fourth-order valence-corrected chi connectivity index (χ4v) is 14.0. The number of allylic oxidation sites excluding steroid dienone is 4. The molecular weight excluding hydrogens is 1250 g/mol. The molecule has 1 aromatic carbocycles. The van der Waals surface area contributed by atoms with Gasteiger partial charge in [-0.15, -0.1) is 34.5 Å². The summed E-state index contributed by atoms with van der Waals surface area (Å²) in [6, 6.07) is 8.88. The Hall–Kier alpha value is -2.74. The average Bonchev–Trinajstić information content (AvgIpc) is 1.46. The van der Waals surface area contributed by atoms with Gasteiger partial charge in [-0.25, -0.2) is 4.98 Å². The molecule has 572 valence electrons. The second-order valence-corrected chi connectivity index (χ2v) is 30.0. The summed E-state index contributed by atoms with van der Waals surface area (Å²) < 4.78 is 37.9. The Balaban J connectivity index is -0.00000103. The van der Waals surface area contributed by atoms with E-state index in [2.05, 4.69) is 198 Å². The van der Waals surface area contributed by atoms with E-state index in [0.717, 1.165) is 72.8 Å². The van der Waals surface area contributed by atoms with Gasteiger partial charge >= 0.3 is 6.18 Å². The van der Waals surface area contributed by atoms with E-state index in [4.69, 9.17) is 0 Å². The third-order valence-electron chi connectivity index (χ3n) is 18.9. The van der Waals surface area contributed by atoms with Gasteiger partial charge in [-0.1, -0.05) is 259 Å². The largest absolute Gasteiger partial charge is 0.416 e. The van der Waals surface area contributed by atoms with E-state index in [9.17, 15) is 13.2 Å². The van der Waals surface area contributed by atoms with E-state index in [1.54, 1.807) is 11.3 Å². The lowest BCUT2D eigenvalue weighted by atomic mass is 9.80. The van der Waals surface area contributed by atoms with Crippen LogP contribution in [0.15, 0.2) is 60.0 Å². The minimum atomic E-state index is -4.23. The molecule has 0 radical (unpaired) electrons. The maximum atomic E-state index is 12.6. The molecule has 0 unspecified atom stereocenters. The number of thiazole rings is 1. The number of hydrogen-bond donors (Lipinski definition) is 0. The van der Waals surface area contributed by atoms with Crippen molar-refractivity contribution in [3.63, 3.8) is 0 Å². The number of benzene rings is 1. The summed E-state index contributed by atoms with van der Waals surface area (Å²) in [6.45, 7) is 55.6.